The minimum atomic E-state index is -4.43. The third kappa shape index (κ3) is 8.67. The van der Waals surface area contributed by atoms with Crippen molar-refractivity contribution in [3.8, 4) is 0 Å². The van der Waals surface area contributed by atoms with E-state index in [1.807, 2.05) is 13.8 Å². The lowest BCUT2D eigenvalue weighted by molar-refractivity contribution is -0.144. The van der Waals surface area contributed by atoms with E-state index in [9.17, 15) is 31.5 Å². The monoisotopic (exact) mass is 629 g/mol. The molecule has 2 heterocycles. The number of nitrogens with one attached hydrogen (secondary N) is 2. The molecule has 0 bridgehead atoms. The first-order chi connectivity index (χ1) is 20.2. The SMILES string of the molecule is C=Nn1cc([C@@H](NC(=O)c2snnc2C(C)C)C2CCC(F)(F)CC2)nc1/C=C(\C)[C@H](NC(=O)CCC(F)(F)F)C1CC1. The number of halogens is 5. The maximum Gasteiger partial charge on any atom is 0.389 e. The number of amides is 2. The predicted molar refractivity (Wildman–Crippen MR) is 152 cm³/mol. The van der Waals surface area contributed by atoms with Crippen molar-refractivity contribution in [3.05, 3.63) is 33.9 Å². The normalized spacial score (nSPS) is 19.2. The fourth-order valence-electron chi connectivity index (χ4n) is 5.36. The third-order valence-corrected chi connectivity index (χ3v) is 8.62. The van der Waals surface area contributed by atoms with Gasteiger partial charge in [-0.15, -0.1) is 5.10 Å². The lowest BCUT2D eigenvalue weighted by atomic mass is 9.81. The van der Waals surface area contributed by atoms with E-state index in [0.717, 1.165) is 24.4 Å². The van der Waals surface area contributed by atoms with Gasteiger partial charge in [0.25, 0.3) is 5.91 Å². The molecule has 0 radical (unpaired) electrons. The fourth-order valence-corrected chi connectivity index (χ4v) is 6.08. The maximum atomic E-state index is 14.0. The van der Waals surface area contributed by atoms with Crippen LogP contribution in [0, 0.1) is 11.8 Å². The van der Waals surface area contributed by atoms with Crippen LogP contribution in [0.4, 0.5) is 22.0 Å². The molecule has 0 spiro atoms. The van der Waals surface area contributed by atoms with Crippen molar-refractivity contribution in [2.24, 2.45) is 16.9 Å². The smallest absolute Gasteiger partial charge is 0.349 e. The number of hydrogen-bond donors (Lipinski definition) is 2. The van der Waals surface area contributed by atoms with Gasteiger partial charge in [0.1, 0.15) is 4.88 Å². The molecule has 43 heavy (non-hydrogen) atoms. The second-order valence-electron chi connectivity index (χ2n) is 11.7. The Bertz CT molecular complexity index is 1340. The van der Waals surface area contributed by atoms with Gasteiger partial charge >= 0.3 is 6.18 Å². The molecule has 0 aromatic carbocycles. The number of carbonyl (C=O) groups excluding carboxylic acids is 2. The highest BCUT2D eigenvalue weighted by molar-refractivity contribution is 7.08. The third-order valence-electron chi connectivity index (χ3n) is 7.88. The molecular formula is C28H36F5N7O2S. The van der Waals surface area contributed by atoms with Crippen molar-refractivity contribution in [2.75, 3.05) is 0 Å². The summed E-state index contributed by atoms with van der Waals surface area (Å²) in [4.78, 5) is 30.7. The van der Waals surface area contributed by atoms with Crippen molar-refractivity contribution < 1.29 is 31.5 Å². The second kappa shape index (κ2) is 13.2. The van der Waals surface area contributed by atoms with Crippen LogP contribution in [-0.4, -0.2) is 55.9 Å². The molecule has 0 saturated heterocycles. The van der Waals surface area contributed by atoms with Gasteiger partial charge in [0.15, 0.2) is 5.82 Å². The number of aromatic nitrogens is 4. The zero-order chi connectivity index (χ0) is 31.5. The summed E-state index contributed by atoms with van der Waals surface area (Å²) in [7, 11) is 0. The number of nitrogens with zero attached hydrogens (tertiary/aromatic N) is 5. The zero-order valence-corrected chi connectivity index (χ0v) is 25.1. The number of carbonyl (C=O) groups is 2. The molecule has 2 aromatic rings. The minimum Gasteiger partial charge on any atom is -0.349 e. The Morgan fingerprint density at radius 1 is 1.19 bits per heavy atom. The van der Waals surface area contributed by atoms with Gasteiger partial charge in [-0.2, -0.15) is 18.3 Å². The van der Waals surface area contributed by atoms with Crippen LogP contribution in [0.5, 0.6) is 0 Å². The molecule has 2 saturated carbocycles. The van der Waals surface area contributed by atoms with Crippen molar-refractivity contribution >= 4 is 36.1 Å². The van der Waals surface area contributed by atoms with Gasteiger partial charge in [-0.1, -0.05) is 18.3 Å². The van der Waals surface area contributed by atoms with Crippen LogP contribution in [0.25, 0.3) is 6.08 Å². The van der Waals surface area contributed by atoms with Crippen LogP contribution >= 0.6 is 11.5 Å². The molecule has 15 heteroatoms. The molecule has 2 aliphatic rings. The lowest BCUT2D eigenvalue weighted by Gasteiger charge is -2.33. The fraction of sp³-hybridized carbons (Fsp3) is 0.643. The van der Waals surface area contributed by atoms with Crippen LogP contribution < -0.4 is 10.6 Å². The Labute approximate surface area is 250 Å². The first-order valence-corrected chi connectivity index (χ1v) is 15.1. The van der Waals surface area contributed by atoms with Crippen molar-refractivity contribution in [2.45, 2.75) is 102 Å². The number of imidazole rings is 1. The van der Waals surface area contributed by atoms with E-state index in [1.165, 1.54) is 4.68 Å². The molecule has 2 amide bonds. The highest BCUT2D eigenvalue weighted by Gasteiger charge is 2.40. The molecule has 2 aromatic heterocycles. The zero-order valence-electron chi connectivity index (χ0n) is 24.3. The van der Waals surface area contributed by atoms with E-state index in [4.69, 9.17) is 4.98 Å². The van der Waals surface area contributed by atoms with Crippen LogP contribution in [0.15, 0.2) is 16.9 Å². The predicted octanol–water partition coefficient (Wildman–Crippen LogP) is 6.26. The quantitative estimate of drug-likeness (QED) is 0.213. The summed E-state index contributed by atoms with van der Waals surface area (Å²) < 4.78 is 71.2. The van der Waals surface area contributed by atoms with Crippen molar-refractivity contribution in [1.29, 1.82) is 0 Å². The minimum absolute atomic E-state index is 0.0522. The van der Waals surface area contributed by atoms with Crippen LogP contribution in [0.2, 0.25) is 0 Å². The Balaban J connectivity index is 1.60. The van der Waals surface area contributed by atoms with E-state index in [0.29, 0.717) is 27.7 Å². The molecule has 9 nitrogen and oxygen atoms in total. The standard InChI is InChI=1S/C28H36F5N7O2S/c1-15(2)22-25(43-39-38-22)26(42)37-24(18-7-10-27(29,30)11-8-18)19-14-40(34-4)20(35-19)13-16(3)23(17-5-6-17)36-21(41)9-12-28(31,32)33/h13-15,17-18,23-24H,4-12H2,1-3H3,(H,36,41)(H,37,42)/b16-13+/t23-,24-/m0/s1. The van der Waals surface area contributed by atoms with E-state index >= 15 is 0 Å². The lowest BCUT2D eigenvalue weighted by Crippen LogP contribution is -2.37. The molecule has 4 rings (SSSR count). The van der Waals surface area contributed by atoms with E-state index < -0.39 is 48.8 Å². The number of hydrogen-bond acceptors (Lipinski definition) is 7. The second-order valence-corrected chi connectivity index (χ2v) is 12.4. The van der Waals surface area contributed by atoms with Crippen molar-refractivity contribution in [1.82, 2.24) is 29.9 Å². The average Bonchev–Trinajstić information content (AvgIpc) is 3.49. The Kier molecular flexibility index (Phi) is 10.0. The Hall–Kier alpha value is -3.23. The first kappa shape index (κ1) is 32.7. The van der Waals surface area contributed by atoms with E-state index in [-0.39, 0.29) is 43.4 Å². The summed E-state index contributed by atoms with van der Waals surface area (Å²) in [6, 6.07) is -1.20. The Morgan fingerprint density at radius 2 is 1.86 bits per heavy atom. The summed E-state index contributed by atoms with van der Waals surface area (Å²) in [6.07, 6.45) is -1.70. The van der Waals surface area contributed by atoms with Gasteiger partial charge in [0.2, 0.25) is 11.8 Å². The average molecular weight is 630 g/mol. The van der Waals surface area contributed by atoms with Crippen LogP contribution in [-0.2, 0) is 4.79 Å². The summed E-state index contributed by atoms with van der Waals surface area (Å²) in [6.45, 7) is 9.12. The number of rotatable bonds is 12. The van der Waals surface area contributed by atoms with Gasteiger partial charge in [-0.3, -0.25) is 9.59 Å². The summed E-state index contributed by atoms with van der Waals surface area (Å²) in [5.41, 5.74) is 1.60. The molecular weight excluding hydrogens is 593 g/mol. The highest BCUT2D eigenvalue weighted by atomic mass is 32.1. The molecule has 2 aliphatic carbocycles. The molecule has 2 atom stereocenters. The topological polar surface area (TPSA) is 114 Å². The van der Waals surface area contributed by atoms with Gasteiger partial charge in [-0.25, -0.2) is 18.4 Å². The van der Waals surface area contributed by atoms with Gasteiger partial charge in [-0.05, 0) is 73.5 Å². The number of alkyl halides is 5. The summed E-state index contributed by atoms with van der Waals surface area (Å²) in [5, 5.41) is 13.8. The Morgan fingerprint density at radius 3 is 2.44 bits per heavy atom. The van der Waals surface area contributed by atoms with Gasteiger partial charge in [0, 0.05) is 26.0 Å². The largest absolute Gasteiger partial charge is 0.389 e. The first-order valence-electron chi connectivity index (χ1n) is 14.3. The van der Waals surface area contributed by atoms with Gasteiger partial charge < -0.3 is 10.6 Å². The van der Waals surface area contributed by atoms with Gasteiger partial charge in [0.05, 0.1) is 36.1 Å². The van der Waals surface area contributed by atoms with E-state index in [2.05, 4.69) is 32.0 Å². The highest BCUT2D eigenvalue weighted by Crippen LogP contribution is 2.42. The molecule has 0 unspecified atom stereocenters. The summed E-state index contributed by atoms with van der Waals surface area (Å²) >= 11 is 0.958. The van der Waals surface area contributed by atoms with Crippen LogP contribution in [0.1, 0.15) is 111 Å². The van der Waals surface area contributed by atoms with Crippen LogP contribution in [0.3, 0.4) is 0 Å². The summed E-state index contributed by atoms with van der Waals surface area (Å²) in [5.74, 6) is -3.86. The van der Waals surface area contributed by atoms with Crippen molar-refractivity contribution in [3.63, 3.8) is 0 Å². The molecule has 2 N–H and O–H groups in total. The molecule has 2 fully saturated rings. The maximum absolute atomic E-state index is 14.0. The molecule has 236 valence electrons. The molecule has 0 aliphatic heterocycles. The van der Waals surface area contributed by atoms with E-state index in [1.54, 1.807) is 19.2 Å².